The predicted octanol–water partition coefficient (Wildman–Crippen LogP) is 1.39. The second-order valence-electron chi connectivity index (χ2n) is 6.14. The Balaban J connectivity index is 1.75. The van der Waals surface area contributed by atoms with Gasteiger partial charge in [-0.25, -0.2) is 14.9 Å². The van der Waals surface area contributed by atoms with Crippen molar-refractivity contribution in [1.29, 1.82) is 0 Å². The summed E-state index contributed by atoms with van der Waals surface area (Å²) < 4.78 is 21.1. The maximum Gasteiger partial charge on any atom is 0.327 e. The molecule has 1 unspecified atom stereocenters. The molecule has 25 heavy (non-hydrogen) atoms. The first-order valence-electron chi connectivity index (χ1n) is 7.75. The Morgan fingerprint density at radius 2 is 1.92 bits per heavy atom. The molecule has 1 aliphatic carbocycles. The van der Waals surface area contributed by atoms with Crippen molar-refractivity contribution in [2.24, 2.45) is 0 Å². The average Bonchev–Trinajstić information content (AvgIpc) is 3.33. The molecular formula is C17H14FN3O4. The quantitative estimate of drug-likeness (QED) is 0.666. The van der Waals surface area contributed by atoms with Crippen molar-refractivity contribution in [3.05, 3.63) is 59.7 Å². The molecule has 0 spiro atoms. The molecule has 4 rings (SSSR count). The Hall–Kier alpha value is -2.71. The monoisotopic (exact) mass is 343 g/mol. The fourth-order valence-corrected chi connectivity index (χ4v) is 2.70. The molecule has 0 radical (unpaired) electrons. The van der Waals surface area contributed by atoms with Crippen LogP contribution < -0.4 is 0 Å². The molecule has 1 saturated carbocycles. The van der Waals surface area contributed by atoms with Crippen molar-refractivity contribution in [2.45, 2.75) is 24.4 Å². The van der Waals surface area contributed by atoms with Gasteiger partial charge in [-0.05, 0) is 25.0 Å². The Bertz CT molecular complexity index is 856. The van der Waals surface area contributed by atoms with E-state index in [0.717, 1.165) is 0 Å². The normalized spacial score (nSPS) is 23.4. The lowest BCUT2D eigenvalue weighted by atomic mass is 10.1. The number of halogens is 1. The number of ether oxygens (including phenoxy) is 1. The maximum atomic E-state index is 15.8. The van der Waals surface area contributed by atoms with Gasteiger partial charge in [0.05, 0.1) is 23.3 Å². The topological polar surface area (TPSA) is 92.6 Å². The van der Waals surface area contributed by atoms with E-state index >= 15 is 4.39 Å². The van der Waals surface area contributed by atoms with Crippen LogP contribution in [0.1, 0.15) is 39.4 Å². The van der Waals surface area contributed by atoms with Crippen LogP contribution in [0.4, 0.5) is 4.39 Å². The zero-order chi connectivity index (χ0) is 17.7. The zero-order valence-electron chi connectivity index (χ0n) is 13.1. The van der Waals surface area contributed by atoms with Gasteiger partial charge in [-0.1, -0.05) is 18.2 Å². The van der Waals surface area contributed by atoms with Gasteiger partial charge in [-0.15, -0.1) is 0 Å². The molecule has 2 aromatic rings. The molecule has 2 heterocycles. The summed E-state index contributed by atoms with van der Waals surface area (Å²) in [6.45, 7) is -0.329. The van der Waals surface area contributed by atoms with Gasteiger partial charge in [0.25, 0.3) is 5.91 Å². The highest BCUT2D eigenvalue weighted by Gasteiger charge is 2.57. The van der Waals surface area contributed by atoms with Gasteiger partial charge >= 0.3 is 11.9 Å². The number of carbonyl (C=O) groups excluding carboxylic acids is 2. The van der Waals surface area contributed by atoms with Crippen molar-refractivity contribution in [1.82, 2.24) is 14.9 Å². The maximum absolute atomic E-state index is 15.8. The van der Waals surface area contributed by atoms with Crippen LogP contribution in [0.2, 0.25) is 0 Å². The van der Waals surface area contributed by atoms with E-state index in [2.05, 4.69) is 9.97 Å². The lowest BCUT2D eigenvalue weighted by Gasteiger charge is -2.30. The van der Waals surface area contributed by atoms with Gasteiger partial charge in [0.1, 0.15) is 0 Å². The molecule has 0 bridgehead atoms. The minimum Gasteiger partial charge on any atom is -0.387 e. The van der Waals surface area contributed by atoms with E-state index in [1.807, 2.05) is 0 Å². The van der Waals surface area contributed by atoms with Crippen molar-refractivity contribution in [2.75, 3.05) is 6.61 Å². The van der Waals surface area contributed by atoms with E-state index < -0.39 is 23.4 Å². The molecule has 1 atom stereocenters. The third-order valence-electron chi connectivity index (χ3n) is 4.30. The third-order valence-corrected chi connectivity index (χ3v) is 4.30. The van der Waals surface area contributed by atoms with E-state index in [0.29, 0.717) is 17.7 Å². The number of benzene rings is 1. The van der Waals surface area contributed by atoms with Gasteiger partial charge in [-0.3, -0.25) is 9.59 Å². The molecule has 1 fully saturated rings. The second-order valence-corrected chi connectivity index (χ2v) is 6.14. The molecule has 2 amide bonds. The number of rotatable bonds is 4. The number of amides is 2. The molecule has 7 nitrogen and oxygen atoms in total. The van der Waals surface area contributed by atoms with E-state index in [4.69, 9.17) is 4.74 Å². The third kappa shape index (κ3) is 2.50. The van der Waals surface area contributed by atoms with Crippen LogP contribution in [-0.2, 0) is 10.7 Å². The molecule has 128 valence electrons. The summed E-state index contributed by atoms with van der Waals surface area (Å²) in [5, 5.41) is 9.95. The van der Waals surface area contributed by atoms with Crippen molar-refractivity contribution >= 4 is 11.8 Å². The molecule has 2 aliphatic rings. The zero-order valence-corrected chi connectivity index (χ0v) is 13.1. The van der Waals surface area contributed by atoms with Crippen molar-refractivity contribution in [3.63, 3.8) is 0 Å². The first-order valence-corrected chi connectivity index (χ1v) is 7.75. The van der Waals surface area contributed by atoms with Gasteiger partial charge in [0.15, 0.2) is 0 Å². The number of aromatic nitrogens is 2. The van der Waals surface area contributed by atoms with Crippen LogP contribution in [0.15, 0.2) is 42.7 Å². The fourth-order valence-electron chi connectivity index (χ4n) is 2.70. The molecule has 0 saturated heterocycles. The molecule has 1 aromatic carbocycles. The standard InChI is InChI=1S/C17H14FN3O4/c18-17(25-10-16(24)6-7-16)12-5-2-1-4-11(12)14(22)21(17)15(23)13-19-8-3-9-20-13/h1-5,8-9,24H,6-7,10H2. The van der Waals surface area contributed by atoms with Crippen LogP contribution in [0.25, 0.3) is 0 Å². The highest BCUT2D eigenvalue weighted by Crippen LogP contribution is 2.45. The Morgan fingerprint density at radius 3 is 2.60 bits per heavy atom. The number of hydrogen-bond donors (Lipinski definition) is 1. The Labute approximate surface area is 142 Å². The highest BCUT2D eigenvalue weighted by molar-refractivity contribution is 6.12. The molecule has 1 N–H and O–H groups in total. The Kier molecular flexibility index (Phi) is 3.41. The number of imide groups is 1. The second kappa shape index (κ2) is 5.40. The van der Waals surface area contributed by atoms with Crippen LogP contribution in [0.3, 0.4) is 0 Å². The minimum absolute atomic E-state index is 0.0251. The number of carbonyl (C=O) groups is 2. The highest BCUT2D eigenvalue weighted by atomic mass is 19.2. The average molecular weight is 343 g/mol. The van der Waals surface area contributed by atoms with Gasteiger partial charge in [0, 0.05) is 12.4 Å². The van der Waals surface area contributed by atoms with Crippen molar-refractivity contribution < 1.29 is 23.8 Å². The number of aliphatic hydroxyl groups is 1. The lowest BCUT2D eigenvalue weighted by molar-refractivity contribution is -0.228. The number of hydrogen-bond acceptors (Lipinski definition) is 6. The summed E-state index contributed by atoms with van der Waals surface area (Å²) in [6, 6.07) is 7.41. The number of nitrogens with zero attached hydrogens (tertiary/aromatic N) is 3. The lowest BCUT2D eigenvalue weighted by Crippen LogP contribution is -2.48. The van der Waals surface area contributed by atoms with E-state index in [1.54, 1.807) is 12.1 Å². The van der Waals surface area contributed by atoms with Crippen LogP contribution in [0.5, 0.6) is 0 Å². The molecule has 8 heteroatoms. The summed E-state index contributed by atoms with van der Waals surface area (Å²) in [6.07, 6.45) is 3.60. The summed E-state index contributed by atoms with van der Waals surface area (Å²) in [5.41, 5.74) is -1.16. The van der Waals surface area contributed by atoms with E-state index in [1.165, 1.54) is 30.6 Å². The summed E-state index contributed by atoms with van der Waals surface area (Å²) in [5.74, 6) is -4.98. The van der Waals surface area contributed by atoms with Crippen LogP contribution in [0, 0.1) is 0 Å². The minimum atomic E-state index is -2.82. The summed E-state index contributed by atoms with van der Waals surface area (Å²) in [7, 11) is 0. The summed E-state index contributed by atoms with van der Waals surface area (Å²) in [4.78, 5) is 33.2. The number of fused-ring (bicyclic) bond motifs is 1. The van der Waals surface area contributed by atoms with Gasteiger partial charge in [0.2, 0.25) is 5.82 Å². The molecule has 1 aliphatic heterocycles. The largest absolute Gasteiger partial charge is 0.387 e. The van der Waals surface area contributed by atoms with Crippen LogP contribution in [-0.4, -0.2) is 44.0 Å². The summed E-state index contributed by atoms with van der Waals surface area (Å²) >= 11 is 0. The predicted molar refractivity (Wildman–Crippen MR) is 81.9 cm³/mol. The van der Waals surface area contributed by atoms with Gasteiger partial charge < -0.3 is 9.84 Å². The fraction of sp³-hybridized carbons (Fsp3) is 0.294. The van der Waals surface area contributed by atoms with Crippen molar-refractivity contribution in [3.8, 4) is 0 Å². The SMILES string of the molecule is O=C(c1ncccn1)N1C(=O)c2ccccc2C1(F)OCC1(O)CC1. The Morgan fingerprint density at radius 1 is 1.24 bits per heavy atom. The molecular weight excluding hydrogens is 329 g/mol. The molecule has 1 aromatic heterocycles. The van der Waals surface area contributed by atoms with Crippen LogP contribution >= 0.6 is 0 Å². The van der Waals surface area contributed by atoms with Gasteiger partial charge in [-0.2, -0.15) is 4.39 Å². The van der Waals surface area contributed by atoms with E-state index in [9.17, 15) is 14.7 Å². The first-order chi connectivity index (χ1) is 11.9. The number of alkyl halides is 1. The van der Waals surface area contributed by atoms with E-state index in [-0.39, 0.29) is 23.6 Å². The smallest absolute Gasteiger partial charge is 0.327 e. The first kappa shape index (κ1) is 15.8.